The highest BCUT2D eigenvalue weighted by Crippen LogP contribution is 2.19. The normalized spacial score (nSPS) is 20.2. The summed E-state index contributed by atoms with van der Waals surface area (Å²) in [7, 11) is 0. The lowest BCUT2D eigenvalue weighted by molar-refractivity contribution is 0.171. The Morgan fingerprint density at radius 2 is 2.20 bits per heavy atom. The molecular weight excluding hydrogens is 268 g/mol. The molecule has 0 spiro atoms. The number of aryl methyl sites for hydroxylation is 1. The average molecular weight is 295 g/mol. The monoisotopic (exact) mass is 294 g/mol. The highest BCUT2D eigenvalue weighted by Gasteiger charge is 2.18. The molecule has 0 saturated carbocycles. The van der Waals surface area contributed by atoms with Crippen LogP contribution >= 0.6 is 11.6 Å². The molecule has 0 amide bonds. The summed E-state index contributed by atoms with van der Waals surface area (Å²) in [5, 5.41) is 4.40. The van der Waals surface area contributed by atoms with Gasteiger partial charge < -0.3 is 10.2 Å². The van der Waals surface area contributed by atoms with Crippen molar-refractivity contribution in [3.63, 3.8) is 0 Å². The average Bonchev–Trinajstić information content (AvgIpc) is 2.48. The summed E-state index contributed by atoms with van der Waals surface area (Å²) in [6.07, 6.45) is 5.03. The third kappa shape index (κ3) is 5.08. The summed E-state index contributed by atoms with van der Waals surface area (Å²) >= 11 is 6.20. The molecule has 2 rings (SSSR count). The maximum atomic E-state index is 6.20. The predicted molar refractivity (Wildman–Crippen MR) is 87.5 cm³/mol. The number of likely N-dealkylation sites (tertiary alicyclic amines) is 1. The van der Waals surface area contributed by atoms with Crippen LogP contribution in [0.2, 0.25) is 5.02 Å². The number of nitrogens with zero attached hydrogens (tertiary/aromatic N) is 1. The highest BCUT2D eigenvalue weighted by molar-refractivity contribution is 6.31. The van der Waals surface area contributed by atoms with Gasteiger partial charge in [-0.05, 0) is 69.4 Å². The number of piperidine rings is 1. The SMILES string of the molecule is CCNCC1CCCN(CCCc2ccccc2Cl)C1. The molecule has 20 heavy (non-hydrogen) atoms. The molecule has 2 nitrogen and oxygen atoms in total. The van der Waals surface area contributed by atoms with Gasteiger partial charge in [-0.3, -0.25) is 0 Å². The molecule has 0 radical (unpaired) electrons. The van der Waals surface area contributed by atoms with E-state index in [1.807, 2.05) is 12.1 Å². The van der Waals surface area contributed by atoms with Gasteiger partial charge in [-0.1, -0.05) is 36.7 Å². The van der Waals surface area contributed by atoms with E-state index in [4.69, 9.17) is 11.6 Å². The predicted octanol–water partition coefficient (Wildman–Crippen LogP) is 3.59. The third-order valence-electron chi connectivity index (χ3n) is 4.16. The van der Waals surface area contributed by atoms with Crippen LogP contribution < -0.4 is 5.32 Å². The molecule has 1 N–H and O–H groups in total. The topological polar surface area (TPSA) is 15.3 Å². The smallest absolute Gasteiger partial charge is 0.0437 e. The minimum atomic E-state index is 0.837. The molecule has 1 atom stereocenters. The molecular formula is C17H27ClN2. The van der Waals surface area contributed by atoms with Crippen molar-refractivity contribution in [3.05, 3.63) is 34.9 Å². The number of hydrogen-bond acceptors (Lipinski definition) is 2. The van der Waals surface area contributed by atoms with Crippen LogP contribution in [0.15, 0.2) is 24.3 Å². The molecule has 1 saturated heterocycles. The fourth-order valence-corrected chi connectivity index (χ4v) is 3.29. The summed E-state index contributed by atoms with van der Waals surface area (Å²) in [6, 6.07) is 8.22. The summed E-state index contributed by atoms with van der Waals surface area (Å²) in [4.78, 5) is 2.63. The standard InChI is InChI=1S/C17H27ClN2/c1-2-19-13-15-7-5-11-20(14-15)12-6-9-16-8-3-4-10-17(16)18/h3-4,8,10,15,19H,2,5-7,9,11-14H2,1H3. The van der Waals surface area contributed by atoms with E-state index >= 15 is 0 Å². The van der Waals surface area contributed by atoms with Crippen LogP contribution in [0.1, 0.15) is 31.7 Å². The summed E-state index contributed by atoms with van der Waals surface area (Å²) in [6.45, 7) is 8.18. The van der Waals surface area contributed by atoms with Crippen LogP contribution in [0.3, 0.4) is 0 Å². The van der Waals surface area contributed by atoms with Crippen molar-refractivity contribution in [3.8, 4) is 0 Å². The molecule has 1 aliphatic heterocycles. The summed E-state index contributed by atoms with van der Waals surface area (Å²) in [5.74, 6) is 0.837. The number of nitrogens with one attached hydrogen (secondary N) is 1. The Labute approximate surface area is 128 Å². The Balaban J connectivity index is 1.70. The fraction of sp³-hybridized carbons (Fsp3) is 0.647. The Bertz CT molecular complexity index is 394. The number of benzene rings is 1. The second-order valence-electron chi connectivity index (χ2n) is 5.81. The van der Waals surface area contributed by atoms with E-state index in [-0.39, 0.29) is 0 Å². The maximum Gasteiger partial charge on any atom is 0.0437 e. The van der Waals surface area contributed by atoms with Gasteiger partial charge in [-0.15, -0.1) is 0 Å². The molecule has 1 aromatic rings. The van der Waals surface area contributed by atoms with Gasteiger partial charge >= 0.3 is 0 Å². The summed E-state index contributed by atoms with van der Waals surface area (Å²) < 4.78 is 0. The van der Waals surface area contributed by atoms with Crippen LogP contribution in [0.4, 0.5) is 0 Å². The summed E-state index contributed by atoms with van der Waals surface area (Å²) in [5.41, 5.74) is 1.29. The van der Waals surface area contributed by atoms with Crippen molar-refractivity contribution < 1.29 is 0 Å². The number of hydrogen-bond donors (Lipinski definition) is 1. The van der Waals surface area contributed by atoms with E-state index < -0.39 is 0 Å². The molecule has 3 heteroatoms. The zero-order valence-corrected chi connectivity index (χ0v) is 13.3. The van der Waals surface area contributed by atoms with E-state index in [1.54, 1.807) is 0 Å². The molecule has 1 aromatic carbocycles. The molecule has 0 bridgehead atoms. The minimum absolute atomic E-state index is 0.837. The number of rotatable bonds is 7. The second kappa shape index (κ2) is 8.66. The second-order valence-corrected chi connectivity index (χ2v) is 6.22. The first-order valence-electron chi connectivity index (χ1n) is 7.96. The molecule has 1 heterocycles. The lowest BCUT2D eigenvalue weighted by Crippen LogP contribution is -2.40. The lowest BCUT2D eigenvalue weighted by atomic mass is 9.97. The largest absolute Gasteiger partial charge is 0.317 e. The first-order valence-corrected chi connectivity index (χ1v) is 8.34. The Hall–Kier alpha value is -0.570. The van der Waals surface area contributed by atoms with Crippen molar-refractivity contribution in [1.82, 2.24) is 10.2 Å². The van der Waals surface area contributed by atoms with E-state index in [0.29, 0.717) is 0 Å². The molecule has 0 aromatic heterocycles. The Morgan fingerprint density at radius 1 is 1.35 bits per heavy atom. The van der Waals surface area contributed by atoms with Crippen LogP contribution in [-0.4, -0.2) is 37.6 Å². The fourth-order valence-electron chi connectivity index (χ4n) is 3.06. The zero-order chi connectivity index (χ0) is 14.2. The van der Waals surface area contributed by atoms with Crippen molar-refractivity contribution in [2.24, 2.45) is 5.92 Å². The van der Waals surface area contributed by atoms with Crippen LogP contribution in [-0.2, 0) is 6.42 Å². The molecule has 1 aliphatic rings. The van der Waals surface area contributed by atoms with Gasteiger partial charge in [0.2, 0.25) is 0 Å². The molecule has 1 unspecified atom stereocenters. The molecule has 112 valence electrons. The van der Waals surface area contributed by atoms with Gasteiger partial charge in [-0.2, -0.15) is 0 Å². The Morgan fingerprint density at radius 3 is 3.00 bits per heavy atom. The van der Waals surface area contributed by atoms with E-state index in [0.717, 1.165) is 23.9 Å². The minimum Gasteiger partial charge on any atom is -0.317 e. The van der Waals surface area contributed by atoms with E-state index in [1.165, 1.54) is 51.0 Å². The van der Waals surface area contributed by atoms with Gasteiger partial charge in [0.25, 0.3) is 0 Å². The van der Waals surface area contributed by atoms with Gasteiger partial charge in [0.1, 0.15) is 0 Å². The first-order chi connectivity index (χ1) is 9.79. The zero-order valence-electron chi connectivity index (χ0n) is 12.6. The number of halogens is 1. The molecule has 0 aliphatic carbocycles. The maximum absolute atomic E-state index is 6.20. The van der Waals surface area contributed by atoms with Crippen LogP contribution in [0.25, 0.3) is 0 Å². The highest BCUT2D eigenvalue weighted by atomic mass is 35.5. The van der Waals surface area contributed by atoms with Crippen molar-refractivity contribution in [1.29, 1.82) is 0 Å². The van der Waals surface area contributed by atoms with Gasteiger partial charge in [0.15, 0.2) is 0 Å². The Kier molecular flexibility index (Phi) is 6.85. The van der Waals surface area contributed by atoms with Crippen molar-refractivity contribution in [2.45, 2.75) is 32.6 Å². The van der Waals surface area contributed by atoms with Crippen LogP contribution in [0.5, 0.6) is 0 Å². The van der Waals surface area contributed by atoms with Crippen molar-refractivity contribution in [2.75, 3.05) is 32.7 Å². The van der Waals surface area contributed by atoms with Gasteiger partial charge in [0.05, 0.1) is 0 Å². The quantitative estimate of drug-likeness (QED) is 0.827. The van der Waals surface area contributed by atoms with Crippen LogP contribution in [0, 0.1) is 5.92 Å². The van der Waals surface area contributed by atoms with E-state index in [2.05, 4.69) is 29.3 Å². The van der Waals surface area contributed by atoms with Gasteiger partial charge in [0, 0.05) is 11.6 Å². The first kappa shape index (κ1) is 15.8. The lowest BCUT2D eigenvalue weighted by Gasteiger charge is -2.32. The third-order valence-corrected chi connectivity index (χ3v) is 4.53. The van der Waals surface area contributed by atoms with E-state index in [9.17, 15) is 0 Å². The van der Waals surface area contributed by atoms with Gasteiger partial charge in [-0.25, -0.2) is 0 Å². The molecule has 1 fully saturated rings. The van der Waals surface area contributed by atoms with Crippen molar-refractivity contribution >= 4 is 11.6 Å².